The predicted octanol–water partition coefficient (Wildman–Crippen LogP) is 9.34. The Hall–Kier alpha value is -0.610. The third-order valence-electron chi connectivity index (χ3n) is 13.6. The second-order valence-electron chi connectivity index (χ2n) is 15.9. The van der Waals surface area contributed by atoms with Gasteiger partial charge in [-0.1, -0.05) is 20.8 Å². The normalized spacial score (nSPS) is 42.4. The molecule has 0 aromatic heterocycles. The molecule has 5 rings (SSSR count). The number of nitrogens with zero attached hydrogens (tertiary/aromatic N) is 1. The topological polar surface area (TPSA) is 38.8 Å². The van der Waals surface area contributed by atoms with Crippen molar-refractivity contribution in [2.45, 2.75) is 186 Å². The van der Waals surface area contributed by atoms with E-state index in [-0.39, 0.29) is 12.1 Å². The van der Waals surface area contributed by atoms with Crippen molar-refractivity contribution < 1.29 is 14.3 Å². The highest BCUT2D eigenvalue weighted by atomic mass is 16.5. The molecule has 4 nitrogen and oxygen atoms in total. The zero-order chi connectivity index (χ0) is 29.0. The number of methoxy groups -OCH3 is 1. The Morgan fingerprint density at radius 2 is 0.902 bits per heavy atom. The smallest absolute Gasteiger partial charge is 0.302 e. The summed E-state index contributed by atoms with van der Waals surface area (Å²) in [6.45, 7) is 9.27. The first-order valence-corrected chi connectivity index (χ1v) is 18.2. The monoisotopic (exact) mass is 571 g/mol. The molecule has 5 aliphatic rings. The summed E-state index contributed by atoms with van der Waals surface area (Å²) in [6, 6.07) is 2.51. The summed E-state index contributed by atoms with van der Waals surface area (Å²) >= 11 is 0. The Morgan fingerprint density at radius 1 is 0.561 bits per heavy atom. The van der Waals surface area contributed by atoms with Gasteiger partial charge in [-0.05, 0) is 163 Å². The van der Waals surface area contributed by atoms with Crippen LogP contribution in [0.3, 0.4) is 0 Å². The largest absolute Gasteiger partial charge is 0.463 e. The molecule has 0 bridgehead atoms. The molecule has 5 fully saturated rings. The quantitative estimate of drug-likeness (QED) is 0.272. The minimum Gasteiger partial charge on any atom is -0.463 e. The van der Waals surface area contributed by atoms with Crippen LogP contribution in [0, 0.1) is 35.0 Å². The van der Waals surface area contributed by atoms with Crippen LogP contribution < -0.4 is 0 Å². The summed E-state index contributed by atoms with van der Waals surface area (Å²) in [5, 5.41) is 0. The molecule has 0 radical (unpaired) electrons. The molecule has 1 unspecified atom stereocenters. The average Bonchev–Trinajstić information content (AvgIpc) is 2.99. The maximum absolute atomic E-state index is 11.7. The van der Waals surface area contributed by atoms with E-state index in [0.29, 0.717) is 11.5 Å². The fourth-order valence-corrected chi connectivity index (χ4v) is 10.9. The van der Waals surface area contributed by atoms with E-state index in [1.807, 2.05) is 7.11 Å². The lowest BCUT2D eigenvalue weighted by molar-refractivity contribution is -0.149. The van der Waals surface area contributed by atoms with Gasteiger partial charge >= 0.3 is 5.97 Å². The van der Waals surface area contributed by atoms with Crippen LogP contribution in [0.25, 0.3) is 0 Å². The van der Waals surface area contributed by atoms with Crippen molar-refractivity contribution >= 4 is 5.97 Å². The number of carbonyl (C=O) groups excluding carboxylic acids is 1. The molecule has 0 saturated heterocycles. The van der Waals surface area contributed by atoms with Crippen LogP contribution in [0.4, 0.5) is 0 Å². The number of esters is 1. The minimum atomic E-state index is -0.100. The molecular weight excluding hydrogens is 506 g/mol. The van der Waals surface area contributed by atoms with Crippen molar-refractivity contribution in [1.29, 1.82) is 0 Å². The van der Waals surface area contributed by atoms with Crippen LogP contribution in [0.2, 0.25) is 0 Å². The molecule has 4 heteroatoms. The molecule has 5 saturated carbocycles. The zero-order valence-electron chi connectivity index (χ0n) is 27.6. The molecule has 0 aliphatic heterocycles. The van der Waals surface area contributed by atoms with Gasteiger partial charge in [0.1, 0.15) is 6.10 Å². The van der Waals surface area contributed by atoms with Gasteiger partial charge in [-0.3, -0.25) is 9.69 Å². The molecule has 0 aromatic carbocycles. The van der Waals surface area contributed by atoms with Crippen molar-refractivity contribution in [2.24, 2.45) is 35.0 Å². The van der Waals surface area contributed by atoms with Gasteiger partial charge in [0.05, 0.1) is 6.10 Å². The van der Waals surface area contributed by atoms with Crippen molar-refractivity contribution in [3.05, 3.63) is 0 Å². The second-order valence-corrected chi connectivity index (χ2v) is 15.9. The summed E-state index contributed by atoms with van der Waals surface area (Å²) < 4.78 is 11.5. The maximum Gasteiger partial charge on any atom is 0.302 e. The molecular formula is C37H65NO3. The first-order valence-electron chi connectivity index (χ1n) is 18.2. The van der Waals surface area contributed by atoms with Crippen LogP contribution in [-0.2, 0) is 14.3 Å². The van der Waals surface area contributed by atoms with Gasteiger partial charge in [-0.2, -0.15) is 0 Å². The fraction of sp³-hybridized carbons (Fsp3) is 0.973. The molecule has 0 heterocycles. The van der Waals surface area contributed by atoms with Crippen LogP contribution >= 0.6 is 0 Å². The van der Waals surface area contributed by atoms with Crippen LogP contribution in [0.1, 0.15) is 156 Å². The summed E-state index contributed by atoms with van der Waals surface area (Å²) in [6.07, 6.45) is 27.6. The zero-order valence-corrected chi connectivity index (χ0v) is 27.6. The van der Waals surface area contributed by atoms with E-state index < -0.39 is 0 Å². The summed E-state index contributed by atoms with van der Waals surface area (Å²) in [7, 11) is 1.91. The third-order valence-corrected chi connectivity index (χ3v) is 13.6. The van der Waals surface area contributed by atoms with E-state index in [4.69, 9.17) is 9.47 Å². The SMILES string of the molecule is COC1CCC(C(C)(C2CCC(OC(C)=O)CC2)C2CCC(N(C3CCC(C)CC3)C3CCC(C)CC3)CC2)CC1. The van der Waals surface area contributed by atoms with Gasteiger partial charge in [-0.25, -0.2) is 0 Å². The maximum atomic E-state index is 11.7. The highest BCUT2D eigenvalue weighted by Crippen LogP contribution is 2.57. The van der Waals surface area contributed by atoms with E-state index in [1.54, 1.807) is 6.92 Å². The van der Waals surface area contributed by atoms with E-state index in [9.17, 15) is 4.79 Å². The molecule has 1 atom stereocenters. The average molecular weight is 572 g/mol. The van der Waals surface area contributed by atoms with Gasteiger partial charge in [0.25, 0.3) is 0 Å². The van der Waals surface area contributed by atoms with Crippen LogP contribution in [-0.4, -0.2) is 48.3 Å². The van der Waals surface area contributed by atoms with Crippen molar-refractivity contribution in [1.82, 2.24) is 4.90 Å². The third kappa shape index (κ3) is 7.55. The first kappa shape index (κ1) is 31.8. The van der Waals surface area contributed by atoms with Gasteiger partial charge in [0.15, 0.2) is 0 Å². The number of ether oxygens (including phenoxy) is 2. The standard InChI is InChI=1S/C37H65NO3/c1-26-6-16-32(17-7-26)38(33-18-8-27(2)9-19-33)34-20-10-29(11-21-34)37(4,30-12-22-35(40-5)23-13-30)31-14-24-36(25-15-31)41-28(3)39/h26-27,29-36H,6-25H2,1-5H3. The second kappa shape index (κ2) is 14.4. The van der Waals surface area contributed by atoms with Gasteiger partial charge in [0, 0.05) is 32.2 Å². The summed E-state index contributed by atoms with van der Waals surface area (Å²) in [5.74, 6) is 4.20. The molecule has 41 heavy (non-hydrogen) atoms. The lowest BCUT2D eigenvalue weighted by atomic mass is 9.52. The molecule has 0 spiro atoms. The van der Waals surface area contributed by atoms with E-state index >= 15 is 0 Å². The Balaban J connectivity index is 1.28. The van der Waals surface area contributed by atoms with Crippen LogP contribution in [0.5, 0.6) is 0 Å². The number of rotatable bonds is 8. The van der Waals surface area contributed by atoms with Gasteiger partial charge < -0.3 is 9.47 Å². The summed E-state index contributed by atoms with van der Waals surface area (Å²) in [4.78, 5) is 14.8. The number of hydrogen-bond acceptors (Lipinski definition) is 4. The Bertz CT molecular complexity index is 769. The summed E-state index contributed by atoms with van der Waals surface area (Å²) in [5.41, 5.74) is 0.413. The lowest BCUT2D eigenvalue weighted by Crippen LogP contribution is -2.54. The number of carbonyl (C=O) groups is 1. The predicted molar refractivity (Wildman–Crippen MR) is 169 cm³/mol. The van der Waals surface area contributed by atoms with Crippen molar-refractivity contribution in [2.75, 3.05) is 7.11 Å². The lowest BCUT2D eigenvalue weighted by Gasteiger charge is -2.56. The molecule has 236 valence electrons. The van der Waals surface area contributed by atoms with E-state index in [0.717, 1.165) is 60.6 Å². The van der Waals surface area contributed by atoms with Gasteiger partial charge in [0.2, 0.25) is 0 Å². The van der Waals surface area contributed by atoms with Crippen LogP contribution in [0.15, 0.2) is 0 Å². The molecule has 0 aromatic rings. The van der Waals surface area contributed by atoms with Crippen molar-refractivity contribution in [3.8, 4) is 0 Å². The Kier molecular flexibility index (Phi) is 11.2. The molecule has 0 amide bonds. The molecule has 5 aliphatic carbocycles. The Morgan fingerprint density at radius 3 is 1.27 bits per heavy atom. The van der Waals surface area contributed by atoms with Crippen molar-refractivity contribution in [3.63, 3.8) is 0 Å². The van der Waals surface area contributed by atoms with E-state index in [1.165, 1.54) is 116 Å². The molecule has 0 N–H and O–H groups in total. The van der Waals surface area contributed by atoms with Gasteiger partial charge in [-0.15, -0.1) is 0 Å². The van der Waals surface area contributed by atoms with E-state index in [2.05, 4.69) is 25.7 Å². The fourth-order valence-electron chi connectivity index (χ4n) is 10.9. The first-order chi connectivity index (χ1) is 19.8. The minimum absolute atomic E-state index is 0.100. The highest BCUT2D eigenvalue weighted by Gasteiger charge is 2.50. The Labute approximate surface area is 253 Å². The highest BCUT2D eigenvalue weighted by molar-refractivity contribution is 5.66. The number of hydrogen-bond donors (Lipinski definition) is 0.